The van der Waals surface area contributed by atoms with E-state index in [0.29, 0.717) is 0 Å². The van der Waals surface area contributed by atoms with E-state index in [2.05, 4.69) is 33.1 Å². The SMILES string of the molecule is BrC/C=C/c1ccncc1. The largest absolute Gasteiger partial charge is 0.265 e. The average molecular weight is 198 g/mol. The smallest absolute Gasteiger partial charge is 0.0273 e. The van der Waals surface area contributed by atoms with Gasteiger partial charge in [0, 0.05) is 17.7 Å². The van der Waals surface area contributed by atoms with Gasteiger partial charge in [0.1, 0.15) is 0 Å². The summed E-state index contributed by atoms with van der Waals surface area (Å²) in [6, 6.07) is 3.94. The molecule has 0 radical (unpaired) electrons. The Kier molecular flexibility index (Phi) is 3.16. The summed E-state index contributed by atoms with van der Waals surface area (Å²) in [5.41, 5.74) is 1.19. The lowest BCUT2D eigenvalue weighted by Gasteiger charge is -1.87. The fourth-order valence-electron chi connectivity index (χ4n) is 0.655. The molecule has 0 bridgehead atoms. The van der Waals surface area contributed by atoms with Gasteiger partial charge < -0.3 is 0 Å². The molecule has 0 N–H and O–H groups in total. The third-order valence-corrected chi connectivity index (χ3v) is 1.48. The highest BCUT2D eigenvalue weighted by molar-refractivity contribution is 9.09. The zero-order chi connectivity index (χ0) is 7.23. The van der Waals surface area contributed by atoms with E-state index in [4.69, 9.17) is 0 Å². The monoisotopic (exact) mass is 197 g/mol. The van der Waals surface area contributed by atoms with Crippen molar-refractivity contribution in [3.8, 4) is 0 Å². The third kappa shape index (κ3) is 2.31. The van der Waals surface area contributed by atoms with Crippen LogP contribution in [-0.4, -0.2) is 10.3 Å². The Morgan fingerprint density at radius 2 is 2.10 bits per heavy atom. The van der Waals surface area contributed by atoms with Crippen LogP contribution in [0.3, 0.4) is 0 Å². The summed E-state index contributed by atoms with van der Waals surface area (Å²) in [6.45, 7) is 0. The van der Waals surface area contributed by atoms with Gasteiger partial charge >= 0.3 is 0 Å². The second-order valence-corrected chi connectivity index (χ2v) is 2.48. The molecule has 0 spiro atoms. The molecule has 2 heteroatoms. The maximum atomic E-state index is 3.91. The molecular formula is C8H8BrN. The summed E-state index contributed by atoms with van der Waals surface area (Å²) in [6.07, 6.45) is 7.67. The first-order chi connectivity index (χ1) is 4.93. The molecular weight excluding hydrogens is 190 g/mol. The lowest BCUT2D eigenvalue weighted by atomic mass is 10.2. The fourth-order valence-corrected chi connectivity index (χ4v) is 0.842. The van der Waals surface area contributed by atoms with Crippen LogP contribution in [0.2, 0.25) is 0 Å². The molecule has 0 aliphatic carbocycles. The topological polar surface area (TPSA) is 12.9 Å². The van der Waals surface area contributed by atoms with E-state index >= 15 is 0 Å². The predicted octanol–water partition coefficient (Wildman–Crippen LogP) is 2.49. The van der Waals surface area contributed by atoms with Crippen LogP contribution in [0.4, 0.5) is 0 Å². The van der Waals surface area contributed by atoms with Gasteiger partial charge in [-0.05, 0) is 17.7 Å². The fraction of sp³-hybridized carbons (Fsp3) is 0.125. The molecule has 0 aliphatic rings. The molecule has 0 aromatic carbocycles. The van der Waals surface area contributed by atoms with Gasteiger partial charge in [0.25, 0.3) is 0 Å². The number of aromatic nitrogens is 1. The Morgan fingerprint density at radius 3 is 2.70 bits per heavy atom. The maximum Gasteiger partial charge on any atom is 0.0273 e. The molecule has 0 aliphatic heterocycles. The van der Waals surface area contributed by atoms with Gasteiger partial charge in [-0.25, -0.2) is 0 Å². The van der Waals surface area contributed by atoms with Crippen molar-refractivity contribution in [3.63, 3.8) is 0 Å². The van der Waals surface area contributed by atoms with Crippen LogP contribution in [0.25, 0.3) is 6.08 Å². The van der Waals surface area contributed by atoms with Gasteiger partial charge in [-0.1, -0.05) is 28.1 Å². The minimum Gasteiger partial charge on any atom is -0.265 e. The Balaban J connectivity index is 2.67. The highest BCUT2D eigenvalue weighted by atomic mass is 79.9. The summed E-state index contributed by atoms with van der Waals surface area (Å²) in [4.78, 5) is 3.91. The number of alkyl halides is 1. The van der Waals surface area contributed by atoms with Crippen LogP contribution in [0.15, 0.2) is 30.6 Å². The summed E-state index contributed by atoms with van der Waals surface area (Å²) >= 11 is 3.30. The van der Waals surface area contributed by atoms with E-state index in [1.807, 2.05) is 12.1 Å². The Morgan fingerprint density at radius 1 is 1.40 bits per heavy atom. The van der Waals surface area contributed by atoms with E-state index in [0.717, 1.165) is 5.33 Å². The second kappa shape index (κ2) is 4.23. The van der Waals surface area contributed by atoms with Crippen LogP contribution in [0.1, 0.15) is 5.56 Å². The molecule has 52 valence electrons. The molecule has 0 unspecified atom stereocenters. The van der Waals surface area contributed by atoms with E-state index in [1.165, 1.54) is 5.56 Å². The standard InChI is InChI=1S/C8H8BrN/c9-5-1-2-8-3-6-10-7-4-8/h1-4,6-7H,5H2/b2-1+. The number of hydrogen-bond acceptors (Lipinski definition) is 1. The minimum absolute atomic E-state index is 0.898. The molecule has 1 aromatic heterocycles. The molecule has 0 saturated carbocycles. The van der Waals surface area contributed by atoms with Gasteiger partial charge in [0.15, 0.2) is 0 Å². The van der Waals surface area contributed by atoms with Crippen LogP contribution < -0.4 is 0 Å². The maximum absolute atomic E-state index is 3.91. The first kappa shape index (κ1) is 7.48. The van der Waals surface area contributed by atoms with Crippen molar-refractivity contribution in [3.05, 3.63) is 36.2 Å². The molecule has 1 nitrogen and oxygen atoms in total. The average Bonchev–Trinajstić information content (AvgIpc) is 2.03. The van der Waals surface area contributed by atoms with Crippen LogP contribution in [0.5, 0.6) is 0 Å². The Bertz CT molecular complexity index is 206. The van der Waals surface area contributed by atoms with E-state index in [9.17, 15) is 0 Å². The highest BCUT2D eigenvalue weighted by Crippen LogP contribution is 1.99. The van der Waals surface area contributed by atoms with Gasteiger partial charge in [0.05, 0.1) is 0 Å². The Hall–Kier alpha value is -0.630. The lowest BCUT2D eigenvalue weighted by molar-refractivity contribution is 1.32. The first-order valence-corrected chi connectivity index (χ1v) is 4.18. The van der Waals surface area contributed by atoms with Crippen molar-refractivity contribution in [2.24, 2.45) is 0 Å². The number of rotatable bonds is 2. The van der Waals surface area contributed by atoms with Gasteiger partial charge in [0.2, 0.25) is 0 Å². The number of allylic oxidation sites excluding steroid dienone is 1. The molecule has 0 amide bonds. The van der Waals surface area contributed by atoms with Crippen LogP contribution >= 0.6 is 15.9 Å². The van der Waals surface area contributed by atoms with Crippen molar-refractivity contribution in [1.29, 1.82) is 0 Å². The minimum atomic E-state index is 0.898. The molecule has 0 fully saturated rings. The van der Waals surface area contributed by atoms with E-state index < -0.39 is 0 Å². The quantitative estimate of drug-likeness (QED) is 0.665. The number of halogens is 1. The lowest BCUT2D eigenvalue weighted by Crippen LogP contribution is -1.71. The number of nitrogens with zero attached hydrogens (tertiary/aromatic N) is 1. The van der Waals surface area contributed by atoms with Crippen LogP contribution in [-0.2, 0) is 0 Å². The van der Waals surface area contributed by atoms with Crippen LogP contribution in [0, 0.1) is 0 Å². The molecule has 1 aromatic rings. The first-order valence-electron chi connectivity index (χ1n) is 3.06. The van der Waals surface area contributed by atoms with E-state index in [1.54, 1.807) is 12.4 Å². The second-order valence-electron chi connectivity index (χ2n) is 1.84. The number of hydrogen-bond donors (Lipinski definition) is 0. The zero-order valence-corrected chi connectivity index (χ0v) is 7.08. The summed E-state index contributed by atoms with van der Waals surface area (Å²) in [5.74, 6) is 0. The predicted molar refractivity (Wildman–Crippen MR) is 47.1 cm³/mol. The number of pyridine rings is 1. The van der Waals surface area contributed by atoms with Crippen molar-refractivity contribution >= 4 is 22.0 Å². The van der Waals surface area contributed by atoms with Gasteiger partial charge in [-0.15, -0.1) is 0 Å². The molecule has 0 atom stereocenters. The molecule has 0 saturated heterocycles. The van der Waals surface area contributed by atoms with Gasteiger partial charge in [-0.2, -0.15) is 0 Å². The van der Waals surface area contributed by atoms with Crippen molar-refractivity contribution in [2.75, 3.05) is 5.33 Å². The third-order valence-electron chi connectivity index (χ3n) is 1.11. The molecule has 10 heavy (non-hydrogen) atoms. The molecule has 1 rings (SSSR count). The molecule has 1 heterocycles. The van der Waals surface area contributed by atoms with Crippen molar-refractivity contribution in [2.45, 2.75) is 0 Å². The van der Waals surface area contributed by atoms with Crippen molar-refractivity contribution in [1.82, 2.24) is 4.98 Å². The summed E-state index contributed by atoms with van der Waals surface area (Å²) in [5, 5.41) is 0.898. The highest BCUT2D eigenvalue weighted by Gasteiger charge is 1.80. The summed E-state index contributed by atoms with van der Waals surface area (Å²) < 4.78 is 0. The van der Waals surface area contributed by atoms with Crippen molar-refractivity contribution < 1.29 is 0 Å². The summed E-state index contributed by atoms with van der Waals surface area (Å²) in [7, 11) is 0. The zero-order valence-electron chi connectivity index (χ0n) is 5.50. The van der Waals surface area contributed by atoms with Gasteiger partial charge in [-0.3, -0.25) is 4.98 Å². The normalized spacial score (nSPS) is 10.5. The Labute approximate surface area is 68.9 Å². The van der Waals surface area contributed by atoms with E-state index in [-0.39, 0.29) is 0 Å².